The summed E-state index contributed by atoms with van der Waals surface area (Å²) in [7, 11) is -3.23. The molecule has 0 unspecified atom stereocenters. The van der Waals surface area contributed by atoms with Crippen molar-refractivity contribution in [1.29, 1.82) is 0 Å². The third kappa shape index (κ3) is 3.31. The SMILES string of the molecule is CCS(=O)(=O)c1cc(I)c(OCC2CC2)cn1. The first-order valence-corrected chi connectivity index (χ1v) is 8.27. The van der Waals surface area contributed by atoms with E-state index in [1.807, 2.05) is 0 Å². The minimum absolute atomic E-state index is 0.0678. The minimum Gasteiger partial charge on any atom is -0.491 e. The lowest BCUT2D eigenvalue weighted by molar-refractivity contribution is 0.296. The number of hydrogen-bond acceptors (Lipinski definition) is 4. The topological polar surface area (TPSA) is 56.3 Å². The monoisotopic (exact) mass is 367 g/mol. The van der Waals surface area contributed by atoms with Gasteiger partial charge in [-0.3, -0.25) is 0 Å². The molecule has 94 valence electrons. The smallest absolute Gasteiger partial charge is 0.195 e. The summed E-state index contributed by atoms with van der Waals surface area (Å²) in [5, 5.41) is 0.128. The van der Waals surface area contributed by atoms with Crippen LogP contribution in [0.2, 0.25) is 0 Å². The zero-order valence-electron chi connectivity index (χ0n) is 9.52. The van der Waals surface area contributed by atoms with Gasteiger partial charge in [0, 0.05) is 0 Å². The van der Waals surface area contributed by atoms with Crippen molar-refractivity contribution in [3.8, 4) is 5.75 Å². The maximum atomic E-state index is 11.6. The lowest BCUT2D eigenvalue weighted by Gasteiger charge is -2.08. The Morgan fingerprint density at radius 2 is 2.24 bits per heavy atom. The fourth-order valence-electron chi connectivity index (χ4n) is 1.32. The van der Waals surface area contributed by atoms with Gasteiger partial charge in [0.1, 0.15) is 0 Å². The van der Waals surface area contributed by atoms with Gasteiger partial charge in [0.05, 0.1) is 22.1 Å². The van der Waals surface area contributed by atoms with Gasteiger partial charge in [-0.25, -0.2) is 13.4 Å². The Labute approximate surface area is 115 Å². The average molecular weight is 367 g/mol. The van der Waals surface area contributed by atoms with Gasteiger partial charge in [-0.1, -0.05) is 6.92 Å². The maximum Gasteiger partial charge on any atom is 0.195 e. The average Bonchev–Trinajstić information content (AvgIpc) is 3.11. The fourth-order valence-corrected chi connectivity index (χ4v) is 2.92. The van der Waals surface area contributed by atoms with E-state index in [0.717, 1.165) is 3.57 Å². The van der Waals surface area contributed by atoms with Crippen molar-refractivity contribution >= 4 is 32.4 Å². The summed E-state index contributed by atoms with van der Waals surface area (Å²) in [6, 6.07) is 1.57. The highest BCUT2D eigenvalue weighted by molar-refractivity contribution is 14.1. The van der Waals surface area contributed by atoms with Gasteiger partial charge in [0.25, 0.3) is 0 Å². The molecule has 0 saturated heterocycles. The van der Waals surface area contributed by atoms with Gasteiger partial charge in [-0.15, -0.1) is 0 Å². The third-order valence-electron chi connectivity index (χ3n) is 2.66. The highest BCUT2D eigenvalue weighted by atomic mass is 127. The number of pyridine rings is 1. The molecule has 0 spiro atoms. The quantitative estimate of drug-likeness (QED) is 0.750. The molecule has 1 fully saturated rings. The van der Waals surface area contributed by atoms with Crippen LogP contribution >= 0.6 is 22.6 Å². The van der Waals surface area contributed by atoms with Crippen molar-refractivity contribution in [3.05, 3.63) is 15.8 Å². The van der Waals surface area contributed by atoms with Crippen molar-refractivity contribution in [2.24, 2.45) is 5.92 Å². The minimum atomic E-state index is -3.23. The van der Waals surface area contributed by atoms with E-state index in [0.29, 0.717) is 18.3 Å². The summed E-state index contributed by atoms with van der Waals surface area (Å²) in [6.45, 7) is 2.32. The Hall–Kier alpha value is -0.370. The van der Waals surface area contributed by atoms with Crippen molar-refractivity contribution in [2.45, 2.75) is 24.8 Å². The number of halogens is 1. The summed E-state index contributed by atoms with van der Waals surface area (Å²) < 4.78 is 29.7. The molecule has 17 heavy (non-hydrogen) atoms. The van der Waals surface area contributed by atoms with E-state index in [1.54, 1.807) is 13.0 Å². The number of aromatic nitrogens is 1. The summed E-state index contributed by atoms with van der Waals surface area (Å²) in [5.41, 5.74) is 0. The number of nitrogens with zero attached hydrogens (tertiary/aromatic N) is 1. The lowest BCUT2D eigenvalue weighted by Crippen LogP contribution is -2.08. The molecule has 1 saturated carbocycles. The van der Waals surface area contributed by atoms with Crippen LogP contribution in [0.1, 0.15) is 19.8 Å². The predicted molar refractivity (Wildman–Crippen MR) is 72.9 cm³/mol. The Balaban J connectivity index is 2.15. The van der Waals surface area contributed by atoms with Crippen LogP contribution in [0.3, 0.4) is 0 Å². The number of ether oxygens (including phenoxy) is 1. The van der Waals surface area contributed by atoms with E-state index in [1.165, 1.54) is 19.0 Å². The molecule has 2 rings (SSSR count). The van der Waals surface area contributed by atoms with Gasteiger partial charge in [-0.05, 0) is 47.4 Å². The molecule has 1 aromatic heterocycles. The van der Waals surface area contributed by atoms with Crippen LogP contribution in [-0.2, 0) is 9.84 Å². The molecule has 0 N–H and O–H groups in total. The van der Waals surface area contributed by atoms with Crippen molar-refractivity contribution in [3.63, 3.8) is 0 Å². The normalized spacial score (nSPS) is 15.9. The van der Waals surface area contributed by atoms with Crippen molar-refractivity contribution < 1.29 is 13.2 Å². The predicted octanol–water partition coefficient (Wildman–Crippen LogP) is 2.27. The van der Waals surface area contributed by atoms with Gasteiger partial charge in [0.15, 0.2) is 20.6 Å². The molecule has 0 radical (unpaired) electrons. The molecule has 0 aromatic carbocycles. The second-order valence-electron chi connectivity index (χ2n) is 4.11. The molecule has 0 bridgehead atoms. The van der Waals surface area contributed by atoms with Crippen LogP contribution in [0, 0.1) is 9.49 Å². The largest absolute Gasteiger partial charge is 0.491 e. The molecular formula is C11H14INO3S. The van der Waals surface area contributed by atoms with Gasteiger partial charge in [-0.2, -0.15) is 0 Å². The first-order chi connectivity index (χ1) is 8.03. The fraction of sp³-hybridized carbons (Fsp3) is 0.545. The van der Waals surface area contributed by atoms with Crippen LogP contribution in [0.4, 0.5) is 0 Å². The molecule has 0 aliphatic heterocycles. The van der Waals surface area contributed by atoms with Crippen molar-refractivity contribution in [1.82, 2.24) is 4.98 Å². The van der Waals surface area contributed by atoms with E-state index < -0.39 is 9.84 Å². The van der Waals surface area contributed by atoms with Gasteiger partial charge in [0.2, 0.25) is 0 Å². The van der Waals surface area contributed by atoms with E-state index in [4.69, 9.17) is 4.74 Å². The highest BCUT2D eigenvalue weighted by Crippen LogP contribution is 2.30. The Morgan fingerprint density at radius 1 is 1.53 bits per heavy atom. The van der Waals surface area contributed by atoms with Crippen LogP contribution in [0.25, 0.3) is 0 Å². The molecule has 1 aliphatic rings. The molecule has 4 nitrogen and oxygen atoms in total. The van der Waals surface area contributed by atoms with Crippen molar-refractivity contribution in [2.75, 3.05) is 12.4 Å². The molecule has 0 atom stereocenters. The summed E-state index contributed by atoms with van der Waals surface area (Å²) in [6.07, 6.45) is 3.96. The summed E-state index contributed by atoms with van der Waals surface area (Å²) in [5.74, 6) is 1.41. The summed E-state index contributed by atoms with van der Waals surface area (Å²) in [4.78, 5) is 3.96. The van der Waals surface area contributed by atoms with Gasteiger partial charge < -0.3 is 4.74 Å². The molecule has 6 heteroatoms. The molecular weight excluding hydrogens is 353 g/mol. The second-order valence-corrected chi connectivity index (χ2v) is 7.50. The number of hydrogen-bond donors (Lipinski definition) is 0. The summed E-state index contributed by atoms with van der Waals surface area (Å²) >= 11 is 2.08. The van der Waals surface area contributed by atoms with E-state index in [2.05, 4.69) is 27.6 Å². The standard InChI is InChI=1S/C11H14INO3S/c1-2-17(14,15)11-5-9(12)10(6-13-11)16-7-8-3-4-8/h5-6,8H,2-4,7H2,1H3. The zero-order chi connectivity index (χ0) is 12.5. The van der Waals surface area contributed by atoms with Crippen LogP contribution in [0.15, 0.2) is 17.3 Å². The molecule has 1 heterocycles. The van der Waals surface area contributed by atoms with E-state index in [9.17, 15) is 8.42 Å². The molecule has 0 amide bonds. The van der Waals surface area contributed by atoms with Crippen LogP contribution in [-0.4, -0.2) is 25.8 Å². The first-order valence-electron chi connectivity index (χ1n) is 5.54. The molecule has 1 aliphatic carbocycles. The third-order valence-corrected chi connectivity index (χ3v) is 5.13. The van der Waals surface area contributed by atoms with Crippen LogP contribution in [0.5, 0.6) is 5.75 Å². The van der Waals surface area contributed by atoms with E-state index >= 15 is 0 Å². The second kappa shape index (κ2) is 5.09. The van der Waals surface area contributed by atoms with Crippen LogP contribution < -0.4 is 4.74 Å². The number of sulfone groups is 1. The Kier molecular flexibility index (Phi) is 3.92. The first kappa shape index (κ1) is 13.1. The van der Waals surface area contributed by atoms with Gasteiger partial charge >= 0.3 is 0 Å². The molecule has 1 aromatic rings. The Morgan fingerprint density at radius 3 is 2.76 bits per heavy atom. The lowest BCUT2D eigenvalue weighted by atomic mass is 10.4. The maximum absolute atomic E-state index is 11.6. The highest BCUT2D eigenvalue weighted by Gasteiger charge is 2.22. The Bertz CT molecular complexity index is 511. The zero-order valence-corrected chi connectivity index (χ0v) is 12.5. The number of rotatable bonds is 5. The van der Waals surface area contributed by atoms with E-state index in [-0.39, 0.29) is 10.8 Å².